The van der Waals surface area contributed by atoms with E-state index in [2.05, 4.69) is 39.9 Å². The molecule has 0 aromatic rings. The fourth-order valence-corrected chi connectivity index (χ4v) is 2.56. The topological polar surface area (TPSA) is 55.1 Å². The van der Waals surface area contributed by atoms with Gasteiger partial charge in [0.15, 0.2) is 0 Å². The summed E-state index contributed by atoms with van der Waals surface area (Å²) >= 11 is 0. The van der Waals surface area contributed by atoms with Gasteiger partial charge in [0.05, 0.1) is 0 Å². The lowest BCUT2D eigenvalue weighted by Crippen LogP contribution is -2.37. The summed E-state index contributed by atoms with van der Waals surface area (Å²) in [5, 5.41) is 3.06. The van der Waals surface area contributed by atoms with Crippen molar-refractivity contribution in [3.8, 4) is 0 Å². The summed E-state index contributed by atoms with van der Waals surface area (Å²) in [5.74, 6) is 0.764. The second-order valence-corrected chi connectivity index (χ2v) is 7.52. The second-order valence-electron chi connectivity index (χ2n) is 7.52. The molecule has 3 nitrogen and oxygen atoms in total. The predicted molar refractivity (Wildman–Crippen MR) is 76.2 cm³/mol. The minimum Gasteiger partial charge on any atom is -0.355 e. The normalized spacial score (nSPS) is 19.7. The number of nitrogens with one attached hydrogen (secondary N) is 1. The van der Waals surface area contributed by atoms with Gasteiger partial charge in [0.2, 0.25) is 5.91 Å². The molecule has 0 bridgehead atoms. The molecule has 18 heavy (non-hydrogen) atoms. The molecule has 1 rings (SSSR count). The fraction of sp³-hybridized carbons (Fsp3) is 0.933. The van der Waals surface area contributed by atoms with Crippen molar-refractivity contribution in [2.45, 2.75) is 66.3 Å². The van der Waals surface area contributed by atoms with Crippen molar-refractivity contribution < 1.29 is 4.79 Å². The van der Waals surface area contributed by atoms with Crippen LogP contribution >= 0.6 is 0 Å². The molecule has 0 aromatic heterocycles. The molecular formula is C15H30N2O. The zero-order valence-electron chi connectivity index (χ0n) is 12.7. The molecule has 0 radical (unpaired) electrons. The lowest BCUT2D eigenvalue weighted by Gasteiger charge is -2.24. The Morgan fingerprint density at radius 1 is 1.33 bits per heavy atom. The van der Waals surface area contributed by atoms with Crippen LogP contribution in [0.5, 0.6) is 0 Å². The summed E-state index contributed by atoms with van der Waals surface area (Å²) in [4.78, 5) is 11.8. The highest BCUT2D eigenvalue weighted by atomic mass is 16.1. The van der Waals surface area contributed by atoms with Crippen LogP contribution in [0.1, 0.15) is 60.3 Å². The van der Waals surface area contributed by atoms with Gasteiger partial charge in [-0.05, 0) is 36.0 Å². The third kappa shape index (κ3) is 4.97. The Hall–Kier alpha value is -0.570. The average molecular weight is 254 g/mol. The smallest absolute Gasteiger partial charge is 0.221 e. The van der Waals surface area contributed by atoms with Crippen LogP contribution < -0.4 is 11.1 Å². The van der Waals surface area contributed by atoms with Gasteiger partial charge in [0, 0.05) is 19.0 Å². The summed E-state index contributed by atoms with van der Waals surface area (Å²) in [6, 6.07) is -0.0285. The molecule has 1 atom stereocenters. The van der Waals surface area contributed by atoms with Crippen LogP contribution in [0.2, 0.25) is 0 Å². The molecule has 1 aliphatic carbocycles. The van der Waals surface area contributed by atoms with Gasteiger partial charge in [-0.3, -0.25) is 4.79 Å². The van der Waals surface area contributed by atoms with E-state index in [-0.39, 0.29) is 17.4 Å². The van der Waals surface area contributed by atoms with Gasteiger partial charge in [-0.1, -0.05) is 34.6 Å². The van der Waals surface area contributed by atoms with Crippen molar-refractivity contribution in [1.29, 1.82) is 0 Å². The second kappa shape index (κ2) is 5.60. The molecule has 1 fully saturated rings. The van der Waals surface area contributed by atoms with Gasteiger partial charge in [-0.15, -0.1) is 0 Å². The van der Waals surface area contributed by atoms with Crippen LogP contribution in [0.4, 0.5) is 0 Å². The zero-order chi connectivity index (χ0) is 14.0. The van der Waals surface area contributed by atoms with Crippen molar-refractivity contribution in [1.82, 2.24) is 5.32 Å². The SMILES string of the molecule is CC(C)C1(CNC(=O)CC(N)CC(C)(C)C)CC1. The fourth-order valence-electron chi connectivity index (χ4n) is 2.56. The summed E-state index contributed by atoms with van der Waals surface area (Å²) in [6.07, 6.45) is 3.83. The molecule has 1 unspecified atom stereocenters. The van der Waals surface area contributed by atoms with Crippen molar-refractivity contribution in [3.05, 3.63) is 0 Å². The standard InChI is InChI=1S/C15H30N2O/c1-11(2)15(6-7-15)10-17-13(18)8-12(16)9-14(3,4)5/h11-12H,6-10,16H2,1-5H3,(H,17,18). The first-order valence-corrected chi connectivity index (χ1v) is 7.17. The van der Waals surface area contributed by atoms with Crippen LogP contribution in [0.25, 0.3) is 0 Å². The number of hydrogen-bond acceptors (Lipinski definition) is 2. The maximum absolute atomic E-state index is 11.8. The molecule has 3 N–H and O–H groups in total. The molecule has 0 aliphatic heterocycles. The summed E-state index contributed by atoms with van der Waals surface area (Å²) in [6.45, 7) is 11.8. The van der Waals surface area contributed by atoms with Crippen molar-refractivity contribution >= 4 is 5.91 Å². The lowest BCUT2D eigenvalue weighted by molar-refractivity contribution is -0.121. The van der Waals surface area contributed by atoms with Crippen LogP contribution in [-0.4, -0.2) is 18.5 Å². The molecule has 0 aromatic carbocycles. The predicted octanol–water partition coefficient (Wildman–Crippen LogP) is 2.69. The molecule has 3 heteroatoms. The number of carbonyl (C=O) groups is 1. The Bertz CT molecular complexity index is 287. The number of amides is 1. The van der Waals surface area contributed by atoms with E-state index in [1.807, 2.05) is 0 Å². The van der Waals surface area contributed by atoms with Crippen LogP contribution in [-0.2, 0) is 4.79 Å². The molecule has 1 saturated carbocycles. The Kier molecular flexibility index (Phi) is 4.82. The van der Waals surface area contributed by atoms with Gasteiger partial charge >= 0.3 is 0 Å². The first kappa shape index (κ1) is 15.5. The minimum atomic E-state index is -0.0285. The van der Waals surface area contributed by atoms with E-state index in [4.69, 9.17) is 5.73 Å². The quantitative estimate of drug-likeness (QED) is 0.765. The zero-order valence-corrected chi connectivity index (χ0v) is 12.7. The van der Waals surface area contributed by atoms with Crippen molar-refractivity contribution in [2.24, 2.45) is 22.5 Å². The Morgan fingerprint density at radius 2 is 1.89 bits per heavy atom. The Labute approximate surface area is 112 Å². The number of nitrogens with two attached hydrogens (primary N) is 1. The highest BCUT2D eigenvalue weighted by Gasteiger charge is 2.45. The van der Waals surface area contributed by atoms with Gasteiger partial charge in [0.1, 0.15) is 0 Å². The van der Waals surface area contributed by atoms with Gasteiger partial charge < -0.3 is 11.1 Å². The average Bonchev–Trinajstić information content (AvgIpc) is 2.91. The molecule has 1 aliphatic rings. The van der Waals surface area contributed by atoms with E-state index in [0.29, 0.717) is 17.8 Å². The van der Waals surface area contributed by atoms with Crippen LogP contribution in [0.15, 0.2) is 0 Å². The lowest BCUT2D eigenvalue weighted by atomic mass is 9.87. The summed E-state index contributed by atoms with van der Waals surface area (Å²) in [5.41, 5.74) is 6.58. The first-order valence-electron chi connectivity index (χ1n) is 7.17. The highest BCUT2D eigenvalue weighted by molar-refractivity contribution is 5.76. The van der Waals surface area contributed by atoms with Crippen molar-refractivity contribution in [3.63, 3.8) is 0 Å². The number of hydrogen-bond donors (Lipinski definition) is 2. The maximum atomic E-state index is 11.8. The minimum absolute atomic E-state index is 0.0285. The molecule has 0 spiro atoms. The molecule has 106 valence electrons. The third-order valence-electron chi connectivity index (χ3n) is 4.08. The monoisotopic (exact) mass is 254 g/mol. The Balaban J connectivity index is 2.26. The van der Waals surface area contributed by atoms with Crippen LogP contribution in [0, 0.1) is 16.7 Å². The first-order chi connectivity index (χ1) is 8.15. The van der Waals surface area contributed by atoms with E-state index in [1.165, 1.54) is 12.8 Å². The molecule has 0 saturated heterocycles. The van der Waals surface area contributed by atoms with E-state index in [9.17, 15) is 4.79 Å². The maximum Gasteiger partial charge on any atom is 0.221 e. The van der Waals surface area contributed by atoms with Crippen molar-refractivity contribution in [2.75, 3.05) is 6.54 Å². The molecule has 0 heterocycles. The highest BCUT2D eigenvalue weighted by Crippen LogP contribution is 2.51. The van der Waals surface area contributed by atoms with E-state index >= 15 is 0 Å². The largest absolute Gasteiger partial charge is 0.355 e. The third-order valence-corrected chi connectivity index (χ3v) is 4.08. The van der Waals surface area contributed by atoms with E-state index in [1.54, 1.807) is 0 Å². The summed E-state index contributed by atoms with van der Waals surface area (Å²) in [7, 11) is 0. The number of carbonyl (C=O) groups excluding carboxylic acids is 1. The molecular weight excluding hydrogens is 224 g/mol. The molecule has 1 amide bonds. The van der Waals surface area contributed by atoms with Crippen LogP contribution in [0.3, 0.4) is 0 Å². The van der Waals surface area contributed by atoms with E-state index < -0.39 is 0 Å². The van der Waals surface area contributed by atoms with Gasteiger partial charge in [-0.2, -0.15) is 0 Å². The van der Waals surface area contributed by atoms with E-state index in [0.717, 1.165) is 13.0 Å². The summed E-state index contributed by atoms with van der Waals surface area (Å²) < 4.78 is 0. The van der Waals surface area contributed by atoms with Gasteiger partial charge in [0.25, 0.3) is 0 Å². The number of rotatable bonds is 6. The Morgan fingerprint density at radius 3 is 2.28 bits per heavy atom. The van der Waals surface area contributed by atoms with Gasteiger partial charge in [-0.25, -0.2) is 0 Å².